The average Bonchev–Trinajstić information content (AvgIpc) is 2.69. The minimum atomic E-state index is -0.160. The molecule has 0 spiro atoms. The van der Waals surface area contributed by atoms with Crippen LogP contribution in [0.15, 0.2) is 30.3 Å². The highest BCUT2D eigenvalue weighted by molar-refractivity contribution is 6.31. The standard InChI is InChI=1S/C19H18ClN3O3/c1-25-19-9-14(6-15(10-21)23-19)17(24)8-12-2-3-13(7-16(12)20)18-11-22-4-5-26-18/h2-3,6-7,9,18,22H,4-5,8,11H2,1H3/t18-/m1/s1. The number of ketones is 1. The zero-order chi connectivity index (χ0) is 18.5. The topological polar surface area (TPSA) is 84.2 Å². The van der Waals surface area contributed by atoms with Crippen LogP contribution in [0.2, 0.25) is 5.02 Å². The minimum absolute atomic E-state index is 0.0337. The normalized spacial score (nSPS) is 16.7. The highest BCUT2D eigenvalue weighted by atomic mass is 35.5. The first-order valence-electron chi connectivity index (χ1n) is 8.20. The van der Waals surface area contributed by atoms with Crippen molar-refractivity contribution in [1.29, 1.82) is 5.26 Å². The number of carbonyl (C=O) groups excluding carboxylic acids is 1. The van der Waals surface area contributed by atoms with Crippen LogP contribution in [-0.4, -0.2) is 37.6 Å². The largest absolute Gasteiger partial charge is 0.481 e. The summed E-state index contributed by atoms with van der Waals surface area (Å²) in [6.45, 7) is 2.24. The molecule has 1 aromatic carbocycles. The third kappa shape index (κ3) is 4.20. The van der Waals surface area contributed by atoms with E-state index in [1.165, 1.54) is 19.2 Å². The Morgan fingerprint density at radius 3 is 2.96 bits per heavy atom. The Hall–Kier alpha value is -2.46. The van der Waals surface area contributed by atoms with Crippen LogP contribution >= 0.6 is 11.6 Å². The van der Waals surface area contributed by atoms with Crippen LogP contribution in [0.1, 0.15) is 33.3 Å². The molecule has 1 aliphatic rings. The van der Waals surface area contributed by atoms with E-state index in [0.29, 0.717) is 17.2 Å². The molecule has 134 valence electrons. The van der Waals surface area contributed by atoms with Gasteiger partial charge in [-0.2, -0.15) is 5.26 Å². The van der Waals surface area contributed by atoms with Crippen LogP contribution in [0.3, 0.4) is 0 Å². The number of aromatic nitrogens is 1. The maximum absolute atomic E-state index is 12.6. The molecule has 2 aromatic rings. The summed E-state index contributed by atoms with van der Waals surface area (Å²) in [5, 5.41) is 12.8. The van der Waals surface area contributed by atoms with Crippen molar-refractivity contribution in [3.63, 3.8) is 0 Å². The molecule has 0 radical (unpaired) electrons. The Kier molecular flexibility index (Phi) is 5.84. The number of carbonyl (C=O) groups is 1. The molecular weight excluding hydrogens is 354 g/mol. The smallest absolute Gasteiger partial charge is 0.214 e. The summed E-state index contributed by atoms with van der Waals surface area (Å²) in [4.78, 5) is 16.6. The van der Waals surface area contributed by atoms with E-state index in [-0.39, 0.29) is 29.9 Å². The van der Waals surface area contributed by atoms with Gasteiger partial charge in [0.1, 0.15) is 11.8 Å². The van der Waals surface area contributed by atoms with Gasteiger partial charge in [-0.05, 0) is 23.3 Å². The van der Waals surface area contributed by atoms with Gasteiger partial charge in [0.2, 0.25) is 5.88 Å². The lowest BCUT2D eigenvalue weighted by atomic mass is 10.00. The summed E-state index contributed by atoms with van der Waals surface area (Å²) in [5.74, 6) is 0.0724. The molecule has 0 amide bonds. The molecule has 0 bridgehead atoms. The van der Waals surface area contributed by atoms with Gasteiger partial charge in [0.15, 0.2) is 5.78 Å². The number of hydrogen-bond donors (Lipinski definition) is 1. The van der Waals surface area contributed by atoms with Gasteiger partial charge in [0, 0.05) is 36.2 Å². The zero-order valence-corrected chi connectivity index (χ0v) is 15.0. The Morgan fingerprint density at radius 1 is 1.46 bits per heavy atom. The number of rotatable bonds is 5. The third-order valence-electron chi connectivity index (χ3n) is 4.18. The van der Waals surface area contributed by atoms with Gasteiger partial charge in [-0.1, -0.05) is 23.7 Å². The molecule has 1 saturated heterocycles. The number of nitrogens with zero attached hydrogens (tertiary/aromatic N) is 2. The van der Waals surface area contributed by atoms with Gasteiger partial charge in [0.25, 0.3) is 0 Å². The number of halogens is 1. The number of nitriles is 1. The van der Waals surface area contributed by atoms with E-state index in [1.54, 1.807) is 0 Å². The second kappa shape index (κ2) is 8.28. The molecule has 0 aliphatic carbocycles. The number of nitrogens with one attached hydrogen (secondary N) is 1. The van der Waals surface area contributed by atoms with Crippen molar-refractivity contribution >= 4 is 17.4 Å². The number of morpholine rings is 1. The molecule has 3 rings (SSSR count). The summed E-state index contributed by atoms with van der Waals surface area (Å²) in [5.41, 5.74) is 2.21. The number of ether oxygens (including phenoxy) is 2. The maximum atomic E-state index is 12.6. The van der Waals surface area contributed by atoms with Crippen LogP contribution in [0.25, 0.3) is 0 Å². The molecule has 7 heteroatoms. The van der Waals surface area contributed by atoms with Crippen LogP contribution in [0.5, 0.6) is 5.88 Å². The number of benzene rings is 1. The summed E-state index contributed by atoms with van der Waals surface area (Å²) >= 11 is 6.38. The molecule has 1 N–H and O–H groups in total. The van der Waals surface area contributed by atoms with Gasteiger partial charge < -0.3 is 14.8 Å². The highest BCUT2D eigenvalue weighted by Gasteiger charge is 2.18. The SMILES string of the molecule is COc1cc(C(=O)Cc2ccc([C@H]3CNCCO3)cc2Cl)cc(C#N)n1. The molecule has 2 heterocycles. The number of pyridine rings is 1. The fraction of sp³-hybridized carbons (Fsp3) is 0.316. The maximum Gasteiger partial charge on any atom is 0.214 e. The quantitative estimate of drug-likeness (QED) is 0.813. The Morgan fingerprint density at radius 2 is 2.31 bits per heavy atom. The second-order valence-electron chi connectivity index (χ2n) is 5.91. The number of hydrogen-bond acceptors (Lipinski definition) is 6. The van der Waals surface area contributed by atoms with Gasteiger partial charge in [0.05, 0.1) is 19.8 Å². The van der Waals surface area contributed by atoms with Crippen molar-refractivity contribution in [3.05, 3.63) is 57.7 Å². The minimum Gasteiger partial charge on any atom is -0.481 e. The molecule has 1 atom stereocenters. The van der Waals surface area contributed by atoms with Crippen LogP contribution < -0.4 is 10.1 Å². The third-order valence-corrected chi connectivity index (χ3v) is 4.53. The van der Waals surface area contributed by atoms with Crippen molar-refractivity contribution in [1.82, 2.24) is 10.3 Å². The molecular formula is C19H18ClN3O3. The van der Waals surface area contributed by atoms with E-state index >= 15 is 0 Å². The van der Waals surface area contributed by atoms with Gasteiger partial charge >= 0.3 is 0 Å². The Labute approximate surface area is 156 Å². The van der Waals surface area contributed by atoms with E-state index in [2.05, 4.69) is 10.3 Å². The van der Waals surface area contributed by atoms with Crippen molar-refractivity contribution in [3.8, 4) is 11.9 Å². The molecule has 1 aromatic heterocycles. The summed E-state index contributed by atoms with van der Waals surface area (Å²) in [6, 6.07) is 10.5. The Balaban J connectivity index is 1.78. The number of Topliss-reactive ketones (excluding diaryl/α,β-unsaturated/α-hetero) is 1. The van der Waals surface area contributed by atoms with E-state index in [4.69, 9.17) is 26.3 Å². The van der Waals surface area contributed by atoms with Crippen LogP contribution in [-0.2, 0) is 11.2 Å². The molecule has 26 heavy (non-hydrogen) atoms. The van der Waals surface area contributed by atoms with E-state index < -0.39 is 0 Å². The number of methoxy groups -OCH3 is 1. The predicted octanol–water partition coefficient (Wildman–Crippen LogP) is 2.70. The molecule has 1 aliphatic heterocycles. The first kappa shape index (κ1) is 18.3. The molecule has 0 saturated carbocycles. The van der Waals surface area contributed by atoms with Crippen LogP contribution in [0, 0.1) is 11.3 Å². The van der Waals surface area contributed by atoms with Crippen molar-refractivity contribution in [2.24, 2.45) is 0 Å². The summed E-state index contributed by atoms with van der Waals surface area (Å²) in [6.07, 6.45) is 0.0923. The predicted molar refractivity (Wildman–Crippen MR) is 96.6 cm³/mol. The Bertz CT molecular complexity index is 858. The lowest BCUT2D eigenvalue weighted by molar-refractivity contribution is 0.0277. The summed E-state index contributed by atoms with van der Waals surface area (Å²) in [7, 11) is 1.44. The molecule has 0 unspecified atom stereocenters. The van der Waals surface area contributed by atoms with E-state index in [0.717, 1.165) is 24.2 Å². The molecule has 6 nitrogen and oxygen atoms in total. The molecule has 1 fully saturated rings. The highest BCUT2D eigenvalue weighted by Crippen LogP contribution is 2.26. The fourth-order valence-corrected chi connectivity index (χ4v) is 3.05. The lowest BCUT2D eigenvalue weighted by Crippen LogP contribution is -2.33. The first-order valence-corrected chi connectivity index (χ1v) is 8.58. The van der Waals surface area contributed by atoms with Crippen molar-refractivity contribution < 1.29 is 14.3 Å². The fourth-order valence-electron chi connectivity index (χ4n) is 2.79. The van der Waals surface area contributed by atoms with Gasteiger partial charge in [-0.25, -0.2) is 4.98 Å². The van der Waals surface area contributed by atoms with Crippen LogP contribution in [0.4, 0.5) is 0 Å². The van der Waals surface area contributed by atoms with Gasteiger partial charge in [-0.3, -0.25) is 4.79 Å². The van der Waals surface area contributed by atoms with E-state index in [1.807, 2.05) is 24.3 Å². The first-order chi connectivity index (χ1) is 12.6. The monoisotopic (exact) mass is 371 g/mol. The lowest BCUT2D eigenvalue weighted by Gasteiger charge is -2.24. The average molecular weight is 372 g/mol. The zero-order valence-electron chi connectivity index (χ0n) is 14.3. The van der Waals surface area contributed by atoms with Crippen molar-refractivity contribution in [2.75, 3.05) is 26.8 Å². The van der Waals surface area contributed by atoms with Gasteiger partial charge in [-0.15, -0.1) is 0 Å². The van der Waals surface area contributed by atoms with E-state index in [9.17, 15) is 4.79 Å². The second-order valence-corrected chi connectivity index (χ2v) is 6.32. The van der Waals surface area contributed by atoms with Crippen molar-refractivity contribution in [2.45, 2.75) is 12.5 Å². The summed E-state index contributed by atoms with van der Waals surface area (Å²) < 4.78 is 10.8.